The SMILES string of the molecule is Cl.O=S(=O)(c1ccccc1F)C1CC2CCC(C1)N2. The van der Waals surface area contributed by atoms with E-state index in [1.165, 1.54) is 18.2 Å². The van der Waals surface area contributed by atoms with Crippen molar-refractivity contribution in [3.8, 4) is 0 Å². The van der Waals surface area contributed by atoms with Gasteiger partial charge in [-0.05, 0) is 37.8 Å². The van der Waals surface area contributed by atoms with Crippen molar-refractivity contribution in [2.75, 3.05) is 0 Å². The Bertz CT molecular complexity index is 552. The van der Waals surface area contributed by atoms with E-state index in [0.717, 1.165) is 12.8 Å². The zero-order chi connectivity index (χ0) is 12.8. The zero-order valence-corrected chi connectivity index (χ0v) is 12.0. The molecule has 106 valence electrons. The quantitative estimate of drug-likeness (QED) is 0.912. The van der Waals surface area contributed by atoms with Crippen LogP contribution >= 0.6 is 12.4 Å². The maximum atomic E-state index is 13.7. The fourth-order valence-corrected chi connectivity index (χ4v) is 5.05. The lowest BCUT2D eigenvalue weighted by Gasteiger charge is -2.28. The summed E-state index contributed by atoms with van der Waals surface area (Å²) in [6, 6.07) is 6.24. The number of hydrogen-bond acceptors (Lipinski definition) is 3. The third kappa shape index (κ3) is 2.64. The van der Waals surface area contributed by atoms with Crippen LogP contribution in [-0.2, 0) is 9.84 Å². The lowest BCUT2D eigenvalue weighted by Crippen LogP contribution is -2.43. The highest BCUT2D eigenvalue weighted by Gasteiger charge is 2.40. The van der Waals surface area contributed by atoms with E-state index >= 15 is 0 Å². The molecule has 1 aromatic rings. The van der Waals surface area contributed by atoms with Crippen molar-refractivity contribution in [1.29, 1.82) is 0 Å². The lowest BCUT2D eigenvalue weighted by atomic mass is 10.1. The van der Waals surface area contributed by atoms with Gasteiger partial charge in [-0.15, -0.1) is 12.4 Å². The van der Waals surface area contributed by atoms with Crippen LogP contribution in [0.5, 0.6) is 0 Å². The van der Waals surface area contributed by atoms with Crippen molar-refractivity contribution in [1.82, 2.24) is 5.32 Å². The van der Waals surface area contributed by atoms with E-state index in [1.807, 2.05) is 0 Å². The van der Waals surface area contributed by atoms with E-state index in [4.69, 9.17) is 0 Å². The third-order valence-corrected chi connectivity index (χ3v) is 6.22. The molecule has 2 unspecified atom stereocenters. The Kier molecular flexibility index (Phi) is 4.18. The number of halogens is 2. The average molecular weight is 306 g/mol. The van der Waals surface area contributed by atoms with Gasteiger partial charge < -0.3 is 5.32 Å². The molecule has 0 amide bonds. The molecule has 2 saturated heterocycles. The van der Waals surface area contributed by atoms with Crippen molar-refractivity contribution in [2.45, 2.75) is 47.9 Å². The minimum absolute atomic E-state index is 0. The van der Waals surface area contributed by atoms with Crippen molar-refractivity contribution < 1.29 is 12.8 Å². The average Bonchev–Trinajstić information content (AvgIpc) is 2.68. The first-order chi connectivity index (χ1) is 8.57. The van der Waals surface area contributed by atoms with Crippen LogP contribution in [0.2, 0.25) is 0 Å². The molecule has 6 heteroatoms. The first-order valence-electron chi connectivity index (χ1n) is 6.32. The number of fused-ring (bicyclic) bond motifs is 2. The molecule has 2 bridgehead atoms. The summed E-state index contributed by atoms with van der Waals surface area (Å²) in [5, 5.41) is 2.96. The summed E-state index contributed by atoms with van der Waals surface area (Å²) in [4.78, 5) is -0.142. The second-order valence-corrected chi connectivity index (χ2v) is 7.40. The van der Waals surface area contributed by atoms with Crippen LogP contribution in [0, 0.1) is 5.82 Å². The Hall–Kier alpha value is -0.650. The van der Waals surface area contributed by atoms with Gasteiger partial charge in [-0.1, -0.05) is 12.1 Å². The van der Waals surface area contributed by atoms with E-state index in [0.29, 0.717) is 12.8 Å². The standard InChI is InChI=1S/C13H16FNO2S.ClH/c14-12-3-1-2-4-13(12)18(16,17)11-7-9-5-6-10(8-11)15-9;/h1-4,9-11,15H,5-8H2;1H. The Labute approximate surface area is 118 Å². The Morgan fingerprint density at radius 3 is 2.26 bits per heavy atom. The molecule has 2 aliphatic heterocycles. The lowest BCUT2D eigenvalue weighted by molar-refractivity contribution is 0.400. The van der Waals surface area contributed by atoms with Crippen LogP contribution < -0.4 is 5.32 Å². The molecule has 2 atom stereocenters. The van der Waals surface area contributed by atoms with E-state index in [9.17, 15) is 12.8 Å². The van der Waals surface area contributed by atoms with E-state index < -0.39 is 20.9 Å². The molecule has 3 rings (SSSR count). The van der Waals surface area contributed by atoms with Gasteiger partial charge in [-0.2, -0.15) is 0 Å². The van der Waals surface area contributed by atoms with Crippen LogP contribution in [0.15, 0.2) is 29.2 Å². The fourth-order valence-electron chi connectivity index (χ4n) is 3.11. The molecular formula is C13H17ClFNO2S. The van der Waals surface area contributed by atoms with Crippen LogP contribution in [0.1, 0.15) is 25.7 Å². The molecule has 2 heterocycles. The van der Waals surface area contributed by atoms with Crippen LogP contribution in [0.25, 0.3) is 0 Å². The predicted molar refractivity (Wildman–Crippen MR) is 73.8 cm³/mol. The van der Waals surface area contributed by atoms with Gasteiger partial charge >= 0.3 is 0 Å². The topological polar surface area (TPSA) is 46.2 Å². The molecule has 0 aliphatic carbocycles. The summed E-state index contributed by atoms with van der Waals surface area (Å²) >= 11 is 0. The highest BCUT2D eigenvalue weighted by molar-refractivity contribution is 7.92. The highest BCUT2D eigenvalue weighted by atomic mass is 35.5. The van der Waals surface area contributed by atoms with Crippen molar-refractivity contribution in [3.63, 3.8) is 0 Å². The smallest absolute Gasteiger partial charge is 0.184 e. The molecule has 0 saturated carbocycles. The van der Waals surface area contributed by atoms with Gasteiger partial charge in [0.1, 0.15) is 10.7 Å². The monoisotopic (exact) mass is 305 g/mol. The number of benzene rings is 1. The molecule has 1 N–H and O–H groups in total. The normalized spacial score (nSPS) is 29.8. The second-order valence-electron chi connectivity index (χ2n) is 5.21. The van der Waals surface area contributed by atoms with Crippen LogP contribution in [-0.4, -0.2) is 25.8 Å². The number of rotatable bonds is 2. The third-order valence-electron chi connectivity index (χ3n) is 4.01. The molecule has 3 nitrogen and oxygen atoms in total. The summed E-state index contributed by atoms with van der Waals surface area (Å²) in [6.07, 6.45) is 3.28. The minimum atomic E-state index is -3.53. The van der Waals surface area contributed by atoms with Gasteiger partial charge in [-0.3, -0.25) is 0 Å². The molecule has 19 heavy (non-hydrogen) atoms. The van der Waals surface area contributed by atoms with Gasteiger partial charge in [0.2, 0.25) is 0 Å². The summed E-state index contributed by atoms with van der Waals surface area (Å²) < 4.78 is 38.6. The van der Waals surface area contributed by atoms with Crippen molar-refractivity contribution in [2.24, 2.45) is 0 Å². The van der Waals surface area contributed by atoms with E-state index in [-0.39, 0.29) is 29.4 Å². The maximum absolute atomic E-state index is 13.7. The van der Waals surface area contributed by atoms with E-state index in [1.54, 1.807) is 6.07 Å². The first kappa shape index (κ1) is 14.8. The Morgan fingerprint density at radius 2 is 1.68 bits per heavy atom. The molecule has 2 aliphatic rings. The molecule has 1 aromatic carbocycles. The second kappa shape index (κ2) is 5.38. The van der Waals surface area contributed by atoms with Gasteiger partial charge in [0, 0.05) is 12.1 Å². The largest absolute Gasteiger partial charge is 0.311 e. The summed E-state index contributed by atoms with van der Waals surface area (Å²) in [6.45, 7) is 0. The predicted octanol–water partition coefficient (Wildman–Crippen LogP) is 2.30. The molecule has 0 aromatic heterocycles. The minimum Gasteiger partial charge on any atom is -0.311 e. The summed E-state index contributed by atoms with van der Waals surface area (Å²) in [5.74, 6) is -0.636. The highest BCUT2D eigenvalue weighted by Crippen LogP contribution is 2.33. The molecule has 2 fully saturated rings. The molecular weight excluding hydrogens is 289 g/mol. The van der Waals surface area contributed by atoms with Gasteiger partial charge in [0.15, 0.2) is 9.84 Å². The summed E-state index contributed by atoms with van der Waals surface area (Å²) in [7, 11) is -3.53. The molecule has 0 radical (unpaired) electrons. The van der Waals surface area contributed by atoms with Gasteiger partial charge in [0.05, 0.1) is 5.25 Å². The Morgan fingerprint density at radius 1 is 1.11 bits per heavy atom. The first-order valence-corrected chi connectivity index (χ1v) is 7.86. The maximum Gasteiger partial charge on any atom is 0.184 e. The number of hydrogen-bond donors (Lipinski definition) is 1. The van der Waals surface area contributed by atoms with E-state index in [2.05, 4.69) is 5.32 Å². The van der Waals surface area contributed by atoms with Gasteiger partial charge in [-0.25, -0.2) is 12.8 Å². The fraction of sp³-hybridized carbons (Fsp3) is 0.538. The zero-order valence-electron chi connectivity index (χ0n) is 10.4. The summed E-state index contributed by atoms with van der Waals surface area (Å²) in [5.41, 5.74) is 0. The molecule has 0 spiro atoms. The van der Waals surface area contributed by atoms with Crippen molar-refractivity contribution in [3.05, 3.63) is 30.1 Å². The number of piperidine rings is 1. The van der Waals surface area contributed by atoms with Crippen LogP contribution in [0.3, 0.4) is 0 Å². The van der Waals surface area contributed by atoms with Crippen LogP contribution in [0.4, 0.5) is 4.39 Å². The Balaban J connectivity index is 0.00000133. The number of nitrogens with one attached hydrogen (secondary N) is 1. The van der Waals surface area contributed by atoms with Crippen molar-refractivity contribution >= 4 is 22.2 Å². The number of sulfone groups is 1. The van der Waals surface area contributed by atoms with Gasteiger partial charge in [0.25, 0.3) is 0 Å².